The minimum atomic E-state index is -0.145. The molecule has 0 spiro atoms. The van der Waals surface area contributed by atoms with Crippen LogP contribution in [0.25, 0.3) is 0 Å². The molecule has 0 saturated carbocycles. The number of hydrogen-bond donors (Lipinski definition) is 2. The molecule has 20 heavy (non-hydrogen) atoms. The van der Waals surface area contributed by atoms with Gasteiger partial charge in [-0.3, -0.25) is 9.48 Å². The number of amides is 1. The summed E-state index contributed by atoms with van der Waals surface area (Å²) in [6.07, 6.45) is 4.59. The highest BCUT2D eigenvalue weighted by atomic mass is 35.5. The predicted molar refractivity (Wildman–Crippen MR) is 81.0 cm³/mol. The van der Waals surface area contributed by atoms with Gasteiger partial charge in [0.05, 0.1) is 16.4 Å². The van der Waals surface area contributed by atoms with Crippen molar-refractivity contribution in [3.8, 4) is 0 Å². The second kappa shape index (κ2) is 6.63. The Morgan fingerprint density at radius 2 is 2.20 bits per heavy atom. The summed E-state index contributed by atoms with van der Waals surface area (Å²) >= 11 is 11.8. The van der Waals surface area contributed by atoms with Gasteiger partial charge in [-0.15, -0.1) is 0 Å². The maximum Gasteiger partial charge on any atom is 0.224 e. The Bertz CT molecular complexity index is 575. The summed E-state index contributed by atoms with van der Waals surface area (Å²) in [4.78, 5) is 11.8. The maximum atomic E-state index is 11.8. The second-order valence-corrected chi connectivity index (χ2v) is 5.12. The number of rotatable bonds is 5. The number of carbonyl (C=O) groups is 1. The summed E-state index contributed by atoms with van der Waals surface area (Å²) in [6.45, 7) is 0.685. The minimum absolute atomic E-state index is 0.145. The van der Waals surface area contributed by atoms with Gasteiger partial charge in [-0.05, 0) is 24.6 Å². The van der Waals surface area contributed by atoms with Crippen molar-refractivity contribution in [2.45, 2.75) is 19.4 Å². The molecule has 3 N–H and O–H groups in total. The Labute approximate surface area is 126 Å². The number of carbonyl (C=O) groups excluding carboxylic acids is 1. The van der Waals surface area contributed by atoms with Gasteiger partial charge in [0.25, 0.3) is 0 Å². The fourth-order valence-electron chi connectivity index (χ4n) is 1.76. The van der Waals surface area contributed by atoms with E-state index in [0.29, 0.717) is 40.8 Å². The van der Waals surface area contributed by atoms with Crippen LogP contribution in [0.5, 0.6) is 0 Å². The Kier molecular flexibility index (Phi) is 4.87. The smallest absolute Gasteiger partial charge is 0.224 e. The number of nitrogens with two attached hydrogens (primary N) is 1. The van der Waals surface area contributed by atoms with E-state index in [9.17, 15) is 4.79 Å². The molecule has 0 aliphatic carbocycles. The Morgan fingerprint density at radius 1 is 1.40 bits per heavy atom. The van der Waals surface area contributed by atoms with Crippen LogP contribution in [-0.2, 0) is 11.3 Å². The number of anilines is 2. The first kappa shape index (κ1) is 14.7. The Hall–Kier alpha value is -1.72. The molecule has 0 bridgehead atoms. The van der Waals surface area contributed by atoms with Gasteiger partial charge in [-0.2, -0.15) is 5.10 Å². The molecule has 0 aliphatic heterocycles. The van der Waals surface area contributed by atoms with Crippen LogP contribution in [0.2, 0.25) is 10.0 Å². The van der Waals surface area contributed by atoms with Gasteiger partial charge in [0.2, 0.25) is 5.91 Å². The van der Waals surface area contributed by atoms with Crippen molar-refractivity contribution in [1.82, 2.24) is 9.78 Å². The van der Waals surface area contributed by atoms with Crippen molar-refractivity contribution in [3.63, 3.8) is 0 Å². The molecule has 7 heteroatoms. The Morgan fingerprint density at radius 3 is 2.85 bits per heavy atom. The molecule has 0 atom stereocenters. The topological polar surface area (TPSA) is 72.9 Å². The van der Waals surface area contributed by atoms with Gasteiger partial charge in [-0.1, -0.05) is 23.2 Å². The lowest BCUT2D eigenvalue weighted by Gasteiger charge is -2.10. The van der Waals surface area contributed by atoms with Crippen molar-refractivity contribution in [2.24, 2.45) is 0 Å². The molecule has 0 fully saturated rings. The average Bonchev–Trinajstić information content (AvgIpc) is 2.87. The molecule has 2 rings (SSSR count). The number of nitrogens with one attached hydrogen (secondary N) is 1. The van der Waals surface area contributed by atoms with Gasteiger partial charge in [-0.25, -0.2) is 0 Å². The van der Waals surface area contributed by atoms with Crippen LogP contribution < -0.4 is 11.1 Å². The lowest BCUT2D eigenvalue weighted by molar-refractivity contribution is -0.116. The number of hydrogen-bond acceptors (Lipinski definition) is 3. The van der Waals surface area contributed by atoms with Gasteiger partial charge < -0.3 is 11.1 Å². The molecule has 1 amide bonds. The van der Waals surface area contributed by atoms with E-state index in [0.717, 1.165) is 0 Å². The number of aromatic nitrogens is 2. The zero-order chi connectivity index (χ0) is 14.5. The molecule has 1 aromatic carbocycles. The third-order valence-electron chi connectivity index (χ3n) is 2.70. The van der Waals surface area contributed by atoms with E-state index in [4.69, 9.17) is 28.9 Å². The molecular weight excluding hydrogens is 299 g/mol. The minimum Gasteiger partial charge on any atom is -0.397 e. The van der Waals surface area contributed by atoms with Crippen molar-refractivity contribution in [3.05, 3.63) is 40.6 Å². The molecule has 0 radical (unpaired) electrons. The van der Waals surface area contributed by atoms with Crippen LogP contribution in [0, 0.1) is 0 Å². The average molecular weight is 313 g/mol. The van der Waals surface area contributed by atoms with Gasteiger partial charge in [0.15, 0.2) is 0 Å². The molecule has 1 heterocycles. The number of nitrogens with zero attached hydrogens (tertiary/aromatic N) is 2. The Balaban J connectivity index is 1.88. The molecule has 2 aromatic rings. The monoisotopic (exact) mass is 312 g/mol. The zero-order valence-electron chi connectivity index (χ0n) is 10.6. The molecule has 5 nitrogen and oxygen atoms in total. The molecule has 0 unspecified atom stereocenters. The highest BCUT2D eigenvalue weighted by molar-refractivity contribution is 6.37. The maximum absolute atomic E-state index is 11.8. The molecule has 106 valence electrons. The van der Waals surface area contributed by atoms with E-state index in [1.54, 1.807) is 23.0 Å². The summed E-state index contributed by atoms with van der Waals surface area (Å²) in [7, 11) is 0. The quantitative estimate of drug-likeness (QED) is 0.833. The third-order valence-corrected chi connectivity index (χ3v) is 3.22. The summed E-state index contributed by atoms with van der Waals surface area (Å²) in [5, 5.41) is 7.53. The highest BCUT2D eigenvalue weighted by Crippen LogP contribution is 2.32. The standard InChI is InChI=1S/C13H14Cl2N4O/c14-9-7-10(15)13(11(16)8-9)18-12(20)3-1-5-19-6-2-4-17-19/h2,4,6-8H,1,3,5,16H2,(H,18,20). The van der Waals surface area contributed by atoms with Crippen LogP contribution >= 0.6 is 23.2 Å². The largest absolute Gasteiger partial charge is 0.397 e. The van der Waals surface area contributed by atoms with E-state index in [-0.39, 0.29) is 5.91 Å². The highest BCUT2D eigenvalue weighted by Gasteiger charge is 2.10. The van der Waals surface area contributed by atoms with E-state index >= 15 is 0 Å². The van der Waals surface area contributed by atoms with Gasteiger partial charge in [0.1, 0.15) is 0 Å². The second-order valence-electron chi connectivity index (χ2n) is 4.27. The summed E-state index contributed by atoms with van der Waals surface area (Å²) in [5.41, 5.74) is 6.53. The SMILES string of the molecule is Nc1cc(Cl)cc(Cl)c1NC(=O)CCCn1cccn1. The summed E-state index contributed by atoms with van der Waals surface area (Å²) in [6, 6.07) is 4.93. The molecule has 0 saturated heterocycles. The molecule has 0 aliphatic rings. The zero-order valence-corrected chi connectivity index (χ0v) is 12.2. The van der Waals surface area contributed by atoms with Crippen LogP contribution in [-0.4, -0.2) is 15.7 Å². The van der Waals surface area contributed by atoms with Crippen LogP contribution in [0.3, 0.4) is 0 Å². The van der Waals surface area contributed by atoms with E-state index in [2.05, 4.69) is 10.4 Å². The van der Waals surface area contributed by atoms with E-state index in [1.165, 1.54) is 0 Å². The molecule has 1 aromatic heterocycles. The number of benzene rings is 1. The lowest BCUT2D eigenvalue weighted by atomic mass is 10.2. The molecular formula is C13H14Cl2N4O. The van der Waals surface area contributed by atoms with Gasteiger partial charge >= 0.3 is 0 Å². The van der Waals surface area contributed by atoms with Crippen molar-refractivity contribution < 1.29 is 4.79 Å². The summed E-state index contributed by atoms with van der Waals surface area (Å²) in [5.74, 6) is -0.145. The van der Waals surface area contributed by atoms with Crippen LogP contribution in [0.1, 0.15) is 12.8 Å². The normalized spacial score (nSPS) is 10.5. The van der Waals surface area contributed by atoms with E-state index in [1.807, 2.05) is 12.3 Å². The lowest BCUT2D eigenvalue weighted by Crippen LogP contribution is -2.14. The number of aryl methyl sites for hydroxylation is 1. The van der Waals surface area contributed by atoms with Crippen LogP contribution in [0.4, 0.5) is 11.4 Å². The fourth-order valence-corrected chi connectivity index (χ4v) is 2.32. The number of nitrogen functional groups attached to an aromatic ring is 1. The van der Waals surface area contributed by atoms with Gasteiger partial charge in [0, 0.05) is 30.4 Å². The first-order chi connectivity index (χ1) is 9.56. The van der Waals surface area contributed by atoms with Crippen molar-refractivity contribution >= 4 is 40.5 Å². The first-order valence-corrected chi connectivity index (χ1v) is 6.83. The van der Waals surface area contributed by atoms with Crippen molar-refractivity contribution in [2.75, 3.05) is 11.1 Å². The van der Waals surface area contributed by atoms with Crippen molar-refractivity contribution in [1.29, 1.82) is 0 Å². The number of halogens is 2. The fraction of sp³-hybridized carbons (Fsp3) is 0.231. The van der Waals surface area contributed by atoms with Crippen LogP contribution in [0.15, 0.2) is 30.6 Å². The predicted octanol–water partition coefficient (Wildman–Crippen LogP) is 3.19. The first-order valence-electron chi connectivity index (χ1n) is 6.08. The summed E-state index contributed by atoms with van der Waals surface area (Å²) < 4.78 is 1.77. The third kappa shape index (κ3) is 3.88. The van der Waals surface area contributed by atoms with E-state index < -0.39 is 0 Å².